The first-order valence-electron chi connectivity index (χ1n) is 5.52. The van der Waals surface area contributed by atoms with E-state index in [9.17, 15) is 10.2 Å². The van der Waals surface area contributed by atoms with Gasteiger partial charge in [0.25, 0.3) is 0 Å². The van der Waals surface area contributed by atoms with E-state index in [1.54, 1.807) is 24.0 Å². The van der Waals surface area contributed by atoms with Gasteiger partial charge in [0.2, 0.25) is 0 Å². The molecule has 1 aromatic heterocycles. The summed E-state index contributed by atoms with van der Waals surface area (Å²) in [5.41, 5.74) is -0.258. The standard InChI is InChI=1S/C11H18N2O2/c1-13-9(5-8-12-13)10(14)11(15)6-3-2-4-7-11/h5,8,10,14-15H,2-4,6-7H2,1H3. The summed E-state index contributed by atoms with van der Waals surface area (Å²) in [5, 5.41) is 24.5. The molecule has 0 radical (unpaired) electrons. The van der Waals surface area contributed by atoms with Crippen molar-refractivity contribution in [1.82, 2.24) is 9.78 Å². The Morgan fingerprint density at radius 1 is 1.40 bits per heavy atom. The molecule has 0 spiro atoms. The lowest BCUT2D eigenvalue weighted by Crippen LogP contribution is -2.39. The van der Waals surface area contributed by atoms with Gasteiger partial charge < -0.3 is 10.2 Å². The van der Waals surface area contributed by atoms with E-state index in [2.05, 4.69) is 5.10 Å². The fourth-order valence-electron chi connectivity index (χ4n) is 2.37. The third kappa shape index (κ3) is 1.92. The lowest BCUT2D eigenvalue weighted by molar-refractivity contribution is -0.102. The zero-order chi connectivity index (χ0) is 10.9. The molecule has 15 heavy (non-hydrogen) atoms. The topological polar surface area (TPSA) is 58.3 Å². The Bertz CT molecular complexity index is 329. The van der Waals surface area contributed by atoms with Gasteiger partial charge in [-0.2, -0.15) is 5.10 Å². The van der Waals surface area contributed by atoms with Crippen LogP contribution >= 0.6 is 0 Å². The van der Waals surface area contributed by atoms with Crippen LogP contribution in [0.2, 0.25) is 0 Å². The molecule has 1 saturated carbocycles. The van der Waals surface area contributed by atoms with E-state index < -0.39 is 11.7 Å². The van der Waals surface area contributed by atoms with Gasteiger partial charge in [-0.3, -0.25) is 4.68 Å². The quantitative estimate of drug-likeness (QED) is 0.769. The maximum Gasteiger partial charge on any atom is 0.124 e. The largest absolute Gasteiger partial charge is 0.387 e. The Balaban J connectivity index is 2.19. The van der Waals surface area contributed by atoms with Gasteiger partial charge in [-0.25, -0.2) is 0 Å². The molecule has 1 fully saturated rings. The lowest BCUT2D eigenvalue weighted by Gasteiger charge is -2.36. The average molecular weight is 210 g/mol. The lowest BCUT2D eigenvalue weighted by atomic mass is 9.80. The van der Waals surface area contributed by atoms with Crippen molar-refractivity contribution in [1.29, 1.82) is 0 Å². The minimum absolute atomic E-state index is 0.680. The van der Waals surface area contributed by atoms with E-state index in [1.807, 2.05) is 0 Å². The molecule has 2 N–H and O–H groups in total. The maximum atomic E-state index is 10.3. The first kappa shape index (κ1) is 10.6. The second kappa shape index (κ2) is 3.94. The fourth-order valence-corrected chi connectivity index (χ4v) is 2.37. The van der Waals surface area contributed by atoms with Gasteiger partial charge in [-0.1, -0.05) is 19.3 Å². The Morgan fingerprint density at radius 2 is 2.07 bits per heavy atom. The number of aromatic nitrogens is 2. The monoisotopic (exact) mass is 210 g/mol. The van der Waals surface area contributed by atoms with Crippen LogP contribution in [0, 0.1) is 0 Å². The van der Waals surface area contributed by atoms with Crippen molar-refractivity contribution in [3.63, 3.8) is 0 Å². The SMILES string of the molecule is Cn1nccc1C(O)C1(O)CCCCC1. The molecule has 1 unspecified atom stereocenters. The smallest absolute Gasteiger partial charge is 0.124 e. The van der Waals surface area contributed by atoms with Crippen LogP contribution in [0.15, 0.2) is 12.3 Å². The summed E-state index contributed by atoms with van der Waals surface area (Å²) in [4.78, 5) is 0. The highest BCUT2D eigenvalue weighted by Crippen LogP contribution is 2.37. The summed E-state index contributed by atoms with van der Waals surface area (Å²) >= 11 is 0. The van der Waals surface area contributed by atoms with E-state index in [4.69, 9.17) is 0 Å². The second-order valence-corrected chi connectivity index (χ2v) is 4.45. The van der Waals surface area contributed by atoms with Crippen LogP contribution in [0.4, 0.5) is 0 Å². The number of hydrogen-bond acceptors (Lipinski definition) is 3. The highest BCUT2D eigenvalue weighted by atomic mass is 16.3. The van der Waals surface area contributed by atoms with Crippen LogP contribution in [0.25, 0.3) is 0 Å². The van der Waals surface area contributed by atoms with Crippen molar-refractivity contribution in [2.75, 3.05) is 0 Å². The van der Waals surface area contributed by atoms with Crippen LogP contribution in [0.3, 0.4) is 0 Å². The van der Waals surface area contributed by atoms with Crippen molar-refractivity contribution >= 4 is 0 Å². The third-order valence-electron chi connectivity index (χ3n) is 3.37. The van der Waals surface area contributed by atoms with Gasteiger partial charge in [0.05, 0.1) is 11.3 Å². The first-order valence-corrected chi connectivity index (χ1v) is 5.52. The molecule has 0 saturated heterocycles. The van der Waals surface area contributed by atoms with Gasteiger partial charge in [-0.05, 0) is 18.9 Å². The molecule has 0 aliphatic heterocycles. The molecule has 4 nitrogen and oxygen atoms in total. The molecule has 1 heterocycles. The van der Waals surface area contributed by atoms with Crippen LogP contribution in [0.1, 0.15) is 43.9 Å². The summed E-state index contributed by atoms with van der Waals surface area (Å²) in [6, 6.07) is 1.76. The van der Waals surface area contributed by atoms with Crippen LogP contribution in [0.5, 0.6) is 0 Å². The van der Waals surface area contributed by atoms with E-state index in [0.717, 1.165) is 19.3 Å². The minimum atomic E-state index is -0.952. The number of rotatable bonds is 2. The highest BCUT2D eigenvalue weighted by Gasteiger charge is 2.38. The number of aliphatic hydroxyl groups excluding tert-OH is 1. The van der Waals surface area contributed by atoms with Gasteiger partial charge >= 0.3 is 0 Å². The summed E-state index contributed by atoms with van der Waals surface area (Å²) in [6.07, 6.45) is 5.33. The Kier molecular flexibility index (Phi) is 2.80. The Hall–Kier alpha value is -0.870. The molecule has 2 rings (SSSR count). The average Bonchev–Trinajstić information content (AvgIpc) is 2.64. The third-order valence-corrected chi connectivity index (χ3v) is 3.37. The van der Waals surface area contributed by atoms with E-state index >= 15 is 0 Å². The molecule has 1 atom stereocenters. The first-order chi connectivity index (χ1) is 7.13. The van der Waals surface area contributed by atoms with E-state index in [-0.39, 0.29) is 0 Å². The molecular formula is C11H18N2O2. The van der Waals surface area contributed by atoms with E-state index in [1.165, 1.54) is 0 Å². The molecule has 1 aliphatic carbocycles. The summed E-state index contributed by atoms with van der Waals surface area (Å²) in [5.74, 6) is 0. The molecule has 4 heteroatoms. The van der Waals surface area contributed by atoms with Gasteiger partial charge in [0.1, 0.15) is 6.10 Å². The van der Waals surface area contributed by atoms with Gasteiger partial charge in [0, 0.05) is 13.2 Å². The zero-order valence-corrected chi connectivity index (χ0v) is 9.06. The van der Waals surface area contributed by atoms with Crippen LogP contribution in [-0.2, 0) is 7.05 Å². The van der Waals surface area contributed by atoms with Gasteiger partial charge in [-0.15, -0.1) is 0 Å². The van der Waals surface area contributed by atoms with E-state index in [0.29, 0.717) is 18.5 Å². The second-order valence-electron chi connectivity index (χ2n) is 4.45. The molecule has 1 aromatic rings. The Labute approximate surface area is 89.5 Å². The van der Waals surface area contributed by atoms with Crippen molar-refractivity contribution in [2.45, 2.75) is 43.8 Å². The van der Waals surface area contributed by atoms with Crippen molar-refractivity contribution in [3.8, 4) is 0 Å². The minimum Gasteiger partial charge on any atom is -0.387 e. The molecule has 84 valence electrons. The van der Waals surface area contributed by atoms with Crippen molar-refractivity contribution < 1.29 is 10.2 Å². The van der Waals surface area contributed by atoms with Crippen molar-refractivity contribution in [3.05, 3.63) is 18.0 Å². The number of aryl methyl sites for hydroxylation is 1. The number of hydrogen-bond donors (Lipinski definition) is 2. The highest BCUT2D eigenvalue weighted by molar-refractivity contribution is 5.10. The molecule has 0 aromatic carbocycles. The predicted octanol–water partition coefficient (Wildman–Crippen LogP) is 1.15. The molecule has 1 aliphatic rings. The summed E-state index contributed by atoms with van der Waals surface area (Å²) in [6.45, 7) is 0. The Morgan fingerprint density at radius 3 is 2.60 bits per heavy atom. The van der Waals surface area contributed by atoms with Crippen LogP contribution in [-0.4, -0.2) is 25.6 Å². The summed E-state index contributed by atoms with van der Waals surface area (Å²) in [7, 11) is 1.78. The molecule has 0 amide bonds. The predicted molar refractivity (Wildman–Crippen MR) is 56.2 cm³/mol. The maximum absolute atomic E-state index is 10.3. The van der Waals surface area contributed by atoms with Crippen molar-refractivity contribution in [2.24, 2.45) is 7.05 Å². The fraction of sp³-hybridized carbons (Fsp3) is 0.727. The van der Waals surface area contributed by atoms with Crippen LogP contribution < -0.4 is 0 Å². The molecular weight excluding hydrogens is 192 g/mol. The number of nitrogens with zero attached hydrogens (tertiary/aromatic N) is 2. The molecule has 0 bridgehead atoms. The summed E-state index contributed by atoms with van der Waals surface area (Å²) < 4.78 is 1.62. The zero-order valence-electron chi connectivity index (χ0n) is 9.06. The van der Waals surface area contributed by atoms with Gasteiger partial charge in [0.15, 0.2) is 0 Å². The number of aliphatic hydroxyl groups is 2. The normalized spacial score (nSPS) is 22.6.